The Morgan fingerprint density at radius 3 is 2.76 bits per heavy atom. The molecule has 0 atom stereocenters. The molecule has 4 nitrogen and oxygen atoms in total. The molecule has 132 valence electrons. The highest BCUT2D eigenvalue weighted by Crippen LogP contribution is 2.42. The van der Waals surface area contributed by atoms with Crippen LogP contribution >= 0.6 is 23.1 Å². The second kappa shape index (κ2) is 7.11. The summed E-state index contributed by atoms with van der Waals surface area (Å²) in [5.74, 6) is 0. The molecule has 0 saturated carbocycles. The van der Waals surface area contributed by atoms with Crippen molar-refractivity contribution in [3.8, 4) is 0 Å². The summed E-state index contributed by atoms with van der Waals surface area (Å²) < 4.78 is 12.7. The van der Waals surface area contributed by atoms with Gasteiger partial charge in [-0.1, -0.05) is 23.0 Å². The number of thiophene rings is 1. The minimum Gasteiger partial charge on any atom is -0.411 e. The van der Waals surface area contributed by atoms with Gasteiger partial charge < -0.3 is 14.7 Å². The zero-order valence-corrected chi connectivity index (χ0v) is 15.8. The quantitative estimate of drug-likeness (QED) is 0.632. The monoisotopic (exact) mass is 375 g/mol. The molecule has 2 heterocycles. The largest absolute Gasteiger partial charge is 0.411 e. The van der Waals surface area contributed by atoms with E-state index in [9.17, 15) is 0 Å². The maximum atomic E-state index is 8.98. The molecule has 1 aromatic heterocycles. The molecule has 0 radical (unpaired) electrons. The third-order valence-electron chi connectivity index (χ3n) is 5.12. The summed E-state index contributed by atoms with van der Waals surface area (Å²) >= 11 is 3.55. The zero-order chi connectivity index (χ0) is 17.3. The van der Waals surface area contributed by atoms with Gasteiger partial charge >= 0.3 is 0 Å². The van der Waals surface area contributed by atoms with Crippen LogP contribution in [0.25, 0.3) is 0 Å². The third-order valence-corrected chi connectivity index (χ3v) is 7.19. The van der Waals surface area contributed by atoms with Gasteiger partial charge in [0.15, 0.2) is 0 Å². The fraction of sp³-hybridized carbons (Fsp3) is 0.421. The summed E-state index contributed by atoms with van der Waals surface area (Å²) in [4.78, 5) is 1.23. The summed E-state index contributed by atoms with van der Waals surface area (Å²) in [6, 6.07) is 8.79. The van der Waals surface area contributed by atoms with Crippen molar-refractivity contribution in [1.29, 1.82) is 0 Å². The predicted octanol–water partition coefficient (Wildman–Crippen LogP) is 4.48. The Morgan fingerprint density at radius 2 is 2.00 bits per heavy atom. The Kier molecular flexibility index (Phi) is 4.86. The van der Waals surface area contributed by atoms with Crippen LogP contribution in [0, 0.1) is 0 Å². The van der Waals surface area contributed by atoms with Crippen LogP contribution in [0.3, 0.4) is 0 Å². The molecule has 25 heavy (non-hydrogen) atoms. The van der Waals surface area contributed by atoms with Crippen molar-refractivity contribution < 1.29 is 14.7 Å². The maximum Gasteiger partial charge on any atom is 0.0979 e. The van der Waals surface area contributed by atoms with Crippen molar-refractivity contribution in [2.24, 2.45) is 5.16 Å². The Labute approximate surface area is 155 Å². The molecular formula is C19H21NO3S2. The van der Waals surface area contributed by atoms with E-state index in [2.05, 4.69) is 34.8 Å². The van der Waals surface area contributed by atoms with E-state index < -0.39 is 0 Å². The summed E-state index contributed by atoms with van der Waals surface area (Å²) in [5.41, 5.74) is 4.45. The number of oxime groups is 1. The van der Waals surface area contributed by atoms with E-state index >= 15 is 0 Å². The predicted molar refractivity (Wildman–Crippen MR) is 100 cm³/mol. The molecule has 6 heteroatoms. The van der Waals surface area contributed by atoms with E-state index in [1.54, 1.807) is 30.2 Å². The molecule has 2 aliphatic rings. The van der Waals surface area contributed by atoms with Crippen molar-refractivity contribution in [3.05, 3.63) is 46.3 Å². The van der Waals surface area contributed by atoms with Gasteiger partial charge in [0.25, 0.3) is 0 Å². The first-order valence-corrected chi connectivity index (χ1v) is 10.1. The Morgan fingerprint density at radius 1 is 1.20 bits per heavy atom. The van der Waals surface area contributed by atoms with Crippen LogP contribution in [0.4, 0.5) is 0 Å². The van der Waals surface area contributed by atoms with Crippen molar-refractivity contribution in [2.75, 3.05) is 20.3 Å². The third kappa shape index (κ3) is 3.36. The lowest BCUT2D eigenvalue weighted by Gasteiger charge is -2.35. The highest BCUT2D eigenvalue weighted by molar-refractivity contribution is 8.01. The molecular weight excluding hydrogens is 354 g/mol. The van der Waals surface area contributed by atoms with Gasteiger partial charge in [0.05, 0.1) is 15.5 Å². The molecule has 0 spiro atoms. The number of hydrogen-bond acceptors (Lipinski definition) is 6. The molecule has 1 fully saturated rings. The van der Waals surface area contributed by atoms with Crippen LogP contribution in [0.2, 0.25) is 0 Å². The SMILES string of the molecule is COC1(c2csc(Sc3ccc4c(c3)C/C(=N\O)C4)c2)CCOCC1. The van der Waals surface area contributed by atoms with Gasteiger partial charge in [-0.2, -0.15) is 0 Å². The zero-order valence-electron chi connectivity index (χ0n) is 14.2. The molecule has 1 aliphatic carbocycles. The van der Waals surface area contributed by atoms with Gasteiger partial charge in [0.1, 0.15) is 0 Å². The van der Waals surface area contributed by atoms with Gasteiger partial charge in [0.2, 0.25) is 0 Å². The van der Waals surface area contributed by atoms with E-state index in [1.807, 2.05) is 0 Å². The first-order chi connectivity index (χ1) is 12.2. The smallest absolute Gasteiger partial charge is 0.0979 e. The second-order valence-electron chi connectivity index (χ2n) is 6.52. The first kappa shape index (κ1) is 17.1. The lowest BCUT2D eigenvalue weighted by Crippen LogP contribution is -2.35. The van der Waals surface area contributed by atoms with Crippen LogP contribution in [-0.4, -0.2) is 31.2 Å². The number of ether oxygens (including phenoxy) is 2. The van der Waals surface area contributed by atoms with E-state index in [0.717, 1.165) is 44.6 Å². The van der Waals surface area contributed by atoms with Gasteiger partial charge in [0, 0.05) is 50.9 Å². The van der Waals surface area contributed by atoms with Gasteiger partial charge in [-0.15, -0.1) is 11.3 Å². The summed E-state index contributed by atoms with van der Waals surface area (Å²) in [5, 5.41) is 14.6. The van der Waals surface area contributed by atoms with Gasteiger partial charge in [-0.25, -0.2) is 0 Å². The molecule has 0 bridgehead atoms. The second-order valence-corrected chi connectivity index (χ2v) is 8.80. The molecule has 0 unspecified atom stereocenters. The van der Waals surface area contributed by atoms with E-state index in [1.165, 1.54) is 25.8 Å². The minimum absolute atomic E-state index is 0.196. The standard InChI is InChI=1S/C19H21NO3S2/c1-22-19(4-6-23-7-5-19)15-11-18(24-12-15)25-17-3-2-13-8-16(20-21)9-14(13)10-17/h2-3,10-12,21H,4-9H2,1H3/b20-16-. The van der Waals surface area contributed by atoms with Crippen LogP contribution in [0.15, 0.2) is 43.9 Å². The van der Waals surface area contributed by atoms with Crippen molar-refractivity contribution >= 4 is 28.8 Å². The average molecular weight is 376 g/mol. The average Bonchev–Trinajstić information content (AvgIpc) is 3.29. The number of hydrogen-bond donors (Lipinski definition) is 1. The highest BCUT2D eigenvalue weighted by atomic mass is 32.2. The van der Waals surface area contributed by atoms with Crippen LogP contribution < -0.4 is 0 Å². The summed E-state index contributed by atoms with van der Waals surface area (Å²) in [6.07, 6.45) is 3.33. The van der Waals surface area contributed by atoms with E-state index in [-0.39, 0.29) is 5.60 Å². The molecule has 2 aromatic rings. The fourth-order valence-corrected chi connectivity index (χ4v) is 5.71. The summed E-state index contributed by atoms with van der Waals surface area (Å²) in [7, 11) is 1.80. The van der Waals surface area contributed by atoms with Gasteiger partial charge in [-0.05, 0) is 40.3 Å². The molecule has 4 rings (SSSR count). The normalized spacial score (nSPS) is 20.8. The fourth-order valence-electron chi connectivity index (χ4n) is 3.61. The number of rotatable bonds is 4. The Bertz CT molecular complexity index is 794. The van der Waals surface area contributed by atoms with Crippen molar-refractivity contribution in [2.45, 2.75) is 40.4 Å². The molecule has 1 aromatic carbocycles. The Hall–Kier alpha value is -1.34. The Balaban J connectivity index is 1.52. The lowest BCUT2D eigenvalue weighted by atomic mass is 9.88. The van der Waals surface area contributed by atoms with E-state index in [4.69, 9.17) is 14.7 Å². The summed E-state index contributed by atoms with van der Waals surface area (Å²) in [6.45, 7) is 1.51. The van der Waals surface area contributed by atoms with Crippen LogP contribution in [-0.2, 0) is 27.9 Å². The maximum absolute atomic E-state index is 8.98. The van der Waals surface area contributed by atoms with Crippen molar-refractivity contribution in [1.82, 2.24) is 0 Å². The van der Waals surface area contributed by atoms with E-state index in [0.29, 0.717) is 0 Å². The molecule has 1 aliphatic heterocycles. The molecule has 0 amide bonds. The number of fused-ring (bicyclic) bond motifs is 1. The van der Waals surface area contributed by atoms with Crippen molar-refractivity contribution in [3.63, 3.8) is 0 Å². The van der Waals surface area contributed by atoms with Gasteiger partial charge in [-0.3, -0.25) is 0 Å². The van der Waals surface area contributed by atoms with Crippen LogP contribution in [0.1, 0.15) is 29.5 Å². The molecule has 1 N–H and O–H groups in total. The first-order valence-electron chi connectivity index (χ1n) is 8.44. The molecule has 1 saturated heterocycles. The van der Waals surface area contributed by atoms with Crippen LogP contribution in [0.5, 0.6) is 0 Å². The lowest BCUT2D eigenvalue weighted by molar-refractivity contribution is -0.0946. The number of nitrogens with zero attached hydrogens (tertiary/aromatic N) is 1. The topological polar surface area (TPSA) is 51.0 Å². The highest BCUT2D eigenvalue weighted by Gasteiger charge is 2.35. The number of methoxy groups -OCH3 is 1. The minimum atomic E-state index is -0.196. The number of benzene rings is 1.